The predicted octanol–water partition coefficient (Wildman–Crippen LogP) is 2.02. The van der Waals surface area contributed by atoms with Crippen molar-refractivity contribution in [2.24, 2.45) is 0 Å². The van der Waals surface area contributed by atoms with E-state index in [2.05, 4.69) is 10.3 Å². The fraction of sp³-hybridized carbons (Fsp3) is 0.600. The Morgan fingerprint density at radius 3 is 2.86 bits per heavy atom. The molecular weight excluding hydrogens is 200 g/mol. The van der Waals surface area contributed by atoms with Crippen LogP contribution in [0.4, 0.5) is 0 Å². The molecule has 0 fully saturated rings. The summed E-state index contributed by atoms with van der Waals surface area (Å²) < 4.78 is 26.8. The lowest BCUT2D eigenvalue weighted by Gasteiger charge is -2.12. The first-order valence-corrected chi connectivity index (χ1v) is 6.26. The first-order chi connectivity index (χ1) is 6.49. The average molecular weight is 216 g/mol. The van der Waals surface area contributed by atoms with E-state index in [1.165, 1.54) is 5.57 Å². The van der Waals surface area contributed by atoms with Crippen molar-refractivity contribution in [2.75, 3.05) is 12.4 Å². The van der Waals surface area contributed by atoms with Crippen molar-refractivity contribution >= 4 is 10.1 Å². The van der Waals surface area contributed by atoms with Gasteiger partial charge in [0.05, 0.1) is 12.4 Å². The second kappa shape index (κ2) is 4.75. The summed E-state index contributed by atoms with van der Waals surface area (Å²) in [5, 5.41) is 0. The number of rotatable bonds is 3. The zero-order valence-corrected chi connectivity index (χ0v) is 9.43. The Labute approximate surface area is 85.6 Å². The predicted molar refractivity (Wildman–Crippen MR) is 56.5 cm³/mol. The summed E-state index contributed by atoms with van der Waals surface area (Å²) in [5.41, 5.74) is 2.23. The topological polar surface area (TPSA) is 43.4 Å². The SMILES string of the molecule is CC(C)=CCCC1=CCOS(=O)(=O)C1. The third kappa shape index (κ3) is 4.07. The molecule has 0 aliphatic carbocycles. The van der Waals surface area contributed by atoms with Gasteiger partial charge in [-0.1, -0.05) is 23.3 Å². The Balaban J connectivity index is 2.47. The minimum atomic E-state index is -3.27. The molecule has 80 valence electrons. The summed E-state index contributed by atoms with van der Waals surface area (Å²) in [6, 6.07) is 0. The summed E-state index contributed by atoms with van der Waals surface area (Å²) in [6.45, 7) is 4.27. The quantitative estimate of drug-likeness (QED) is 0.535. The van der Waals surface area contributed by atoms with Crippen molar-refractivity contribution < 1.29 is 12.6 Å². The van der Waals surface area contributed by atoms with Crippen LogP contribution in [0.1, 0.15) is 26.7 Å². The van der Waals surface area contributed by atoms with Crippen LogP contribution >= 0.6 is 0 Å². The Bertz CT molecular complexity index is 346. The summed E-state index contributed by atoms with van der Waals surface area (Å²) in [4.78, 5) is 0. The van der Waals surface area contributed by atoms with Gasteiger partial charge in [-0.15, -0.1) is 0 Å². The summed E-state index contributed by atoms with van der Waals surface area (Å²) in [7, 11) is -3.27. The second-order valence-corrected chi connectivity index (χ2v) is 5.31. The van der Waals surface area contributed by atoms with E-state index in [1.54, 1.807) is 0 Å². The molecule has 0 radical (unpaired) electrons. The Kier molecular flexibility index (Phi) is 3.89. The molecule has 14 heavy (non-hydrogen) atoms. The van der Waals surface area contributed by atoms with Gasteiger partial charge in [0, 0.05) is 0 Å². The Morgan fingerprint density at radius 2 is 2.29 bits per heavy atom. The minimum Gasteiger partial charge on any atom is -0.266 e. The maximum atomic E-state index is 11.1. The van der Waals surface area contributed by atoms with Crippen LogP contribution in [-0.2, 0) is 14.3 Å². The molecule has 0 aromatic rings. The van der Waals surface area contributed by atoms with Crippen LogP contribution in [0, 0.1) is 0 Å². The first-order valence-electron chi connectivity index (χ1n) is 4.68. The highest BCUT2D eigenvalue weighted by Gasteiger charge is 2.17. The van der Waals surface area contributed by atoms with Crippen LogP contribution in [-0.4, -0.2) is 20.8 Å². The highest BCUT2D eigenvalue weighted by molar-refractivity contribution is 7.86. The number of allylic oxidation sites excluding steroid dienone is 2. The molecule has 1 aliphatic rings. The molecule has 0 saturated carbocycles. The molecule has 0 N–H and O–H groups in total. The van der Waals surface area contributed by atoms with Gasteiger partial charge in [0.15, 0.2) is 0 Å². The van der Waals surface area contributed by atoms with Gasteiger partial charge in [-0.05, 0) is 26.7 Å². The fourth-order valence-electron chi connectivity index (χ4n) is 1.30. The zero-order chi connectivity index (χ0) is 10.6. The average Bonchev–Trinajstić information content (AvgIpc) is 2.01. The molecule has 1 heterocycles. The molecule has 0 aromatic heterocycles. The molecule has 0 atom stereocenters. The van der Waals surface area contributed by atoms with E-state index in [9.17, 15) is 8.42 Å². The highest BCUT2D eigenvalue weighted by atomic mass is 32.2. The van der Waals surface area contributed by atoms with E-state index in [4.69, 9.17) is 0 Å². The number of hydrogen-bond donors (Lipinski definition) is 0. The smallest absolute Gasteiger partial charge is 0.266 e. The van der Waals surface area contributed by atoms with E-state index in [0.29, 0.717) is 0 Å². The van der Waals surface area contributed by atoms with Gasteiger partial charge in [-0.25, -0.2) is 0 Å². The maximum absolute atomic E-state index is 11.1. The molecule has 4 heteroatoms. The monoisotopic (exact) mass is 216 g/mol. The Hall–Kier alpha value is -0.610. The second-order valence-electron chi connectivity index (χ2n) is 3.67. The lowest BCUT2D eigenvalue weighted by molar-refractivity contribution is 0.351. The lowest BCUT2D eigenvalue weighted by Crippen LogP contribution is -2.17. The van der Waals surface area contributed by atoms with Crippen LogP contribution in [0.15, 0.2) is 23.3 Å². The van der Waals surface area contributed by atoms with Crippen molar-refractivity contribution in [2.45, 2.75) is 26.7 Å². The maximum Gasteiger partial charge on any atom is 0.271 e. The van der Waals surface area contributed by atoms with Crippen molar-refractivity contribution in [3.63, 3.8) is 0 Å². The van der Waals surface area contributed by atoms with Gasteiger partial charge in [-0.2, -0.15) is 8.42 Å². The van der Waals surface area contributed by atoms with Crippen LogP contribution < -0.4 is 0 Å². The number of hydrogen-bond acceptors (Lipinski definition) is 3. The van der Waals surface area contributed by atoms with E-state index in [1.807, 2.05) is 19.9 Å². The molecule has 0 spiro atoms. The van der Waals surface area contributed by atoms with Crippen molar-refractivity contribution in [1.29, 1.82) is 0 Å². The van der Waals surface area contributed by atoms with Crippen molar-refractivity contribution in [3.8, 4) is 0 Å². The van der Waals surface area contributed by atoms with E-state index >= 15 is 0 Å². The van der Waals surface area contributed by atoms with Gasteiger partial charge >= 0.3 is 0 Å². The molecule has 0 bridgehead atoms. The molecule has 1 rings (SSSR count). The largest absolute Gasteiger partial charge is 0.271 e. The van der Waals surface area contributed by atoms with Crippen LogP contribution in [0.5, 0.6) is 0 Å². The molecule has 0 unspecified atom stereocenters. The van der Waals surface area contributed by atoms with Gasteiger partial charge in [0.2, 0.25) is 0 Å². The van der Waals surface area contributed by atoms with E-state index in [0.717, 1.165) is 18.4 Å². The standard InChI is InChI=1S/C10H16O3S/c1-9(2)4-3-5-10-6-7-13-14(11,12)8-10/h4,6H,3,5,7-8H2,1-2H3. The van der Waals surface area contributed by atoms with Crippen LogP contribution in [0.25, 0.3) is 0 Å². The highest BCUT2D eigenvalue weighted by Crippen LogP contribution is 2.15. The third-order valence-electron chi connectivity index (χ3n) is 2.00. The van der Waals surface area contributed by atoms with E-state index in [-0.39, 0.29) is 12.4 Å². The molecular formula is C10H16O3S. The fourth-order valence-corrected chi connectivity index (χ4v) is 2.38. The summed E-state index contributed by atoms with van der Waals surface area (Å²) in [6.07, 6.45) is 5.69. The van der Waals surface area contributed by atoms with Gasteiger partial charge in [-0.3, -0.25) is 4.18 Å². The Morgan fingerprint density at radius 1 is 1.57 bits per heavy atom. The molecule has 0 saturated heterocycles. The van der Waals surface area contributed by atoms with Crippen molar-refractivity contribution in [1.82, 2.24) is 0 Å². The molecule has 0 amide bonds. The molecule has 3 nitrogen and oxygen atoms in total. The minimum absolute atomic E-state index is 0.0591. The van der Waals surface area contributed by atoms with Gasteiger partial charge in [0.1, 0.15) is 0 Å². The van der Waals surface area contributed by atoms with Crippen molar-refractivity contribution in [3.05, 3.63) is 23.3 Å². The van der Waals surface area contributed by atoms with Gasteiger partial charge < -0.3 is 0 Å². The van der Waals surface area contributed by atoms with E-state index < -0.39 is 10.1 Å². The lowest BCUT2D eigenvalue weighted by atomic mass is 10.1. The molecule has 0 aromatic carbocycles. The third-order valence-corrected chi connectivity index (χ3v) is 3.22. The van der Waals surface area contributed by atoms with Crippen LogP contribution in [0.2, 0.25) is 0 Å². The normalized spacial score (nSPS) is 20.0. The summed E-state index contributed by atoms with van der Waals surface area (Å²) >= 11 is 0. The molecule has 1 aliphatic heterocycles. The zero-order valence-electron chi connectivity index (χ0n) is 8.62. The first kappa shape index (κ1) is 11.5. The van der Waals surface area contributed by atoms with Crippen LogP contribution in [0.3, 0.4) is 0 Å². The van der Waals surface area contributed by atoms with Gasteiger partial charge in [0.25, 0.3) is 10.1 Å². The summed E-state index contributed by atoms with van der Waals surface area (Å²) in [5.74, 6) is 0.0591.